The summed E-state index contributed by atoms with van der Waals surface area (Å²) in [5, 5.41) is 8.80. The van der Waals surface area contributed by atoms with Crippen LogP contribution in [0.1, 0.15) is 95.0 Å². The Bertz CT molecular complexity index is 1900. The van der Waals surface area contributed by atoms with E-state index in [0.717, 1.165) is 88.8 Å². The molecule has 12 nitrogen and oxygen atoms in total. The maximum Gasteiger partial charge on any atom is 0.410 e. The average molecular weight is 785 g/mol. The zero-order chi connectivity index (χ0) is 39.3. The molecule has 3 aromatic rings. The molecule has 3 amide bonds. The van der Waals surface area contributed by atoms with Gasteiger partial charge in [-0.2, -0.15) is 0 Å². The van der Waals surface area contributed by atoms with E-state index in [-0.39, 0.29) is 48.2 Å². The maximum atomic E-state index is 15.3. The van der Waals surface area contributed by atoms with Crippen molar-refractivity contribution in [3.63, 3.8) is 0 Å². The van der Waals surface area contributed by atoms with Crippen molar-refractivity contribution in [2.24, 2.45) is 0 Å². The Balaban J connectivity index is 0.750. The lowest BCUT2D eigenvalue weighted by atomic mass is 9.87. The summed E-state index contributed by atoms with van der Waals surface area (Å²) in [5.74, 6) is -0.845. The molecule has 5 heterocycles. The zero-order valence-corrected chi connectivity index (χ0v) is 32.6. The van der Waals surface area contributed by atoms with Crippen molar-refractivity contribution in [2.75, 3.05) is 54.8 Å². The highest BCUT2D eigenvalue weighted by Crippen LogP contribution is 2.34. The smallest absolute Gasteiger partial charge is 0.410 e. The molecule has 1 unspecified atom stereocenters. The van der Waals surface area contributed by atoms with Crippen molar-refractivity contribution in [1.29, 1.82) is 0 Å². The van der Waals surface area contributed by atoms with E-state index in [1.165, 1.54) is 31.5 Å². The Hall–Kier alpha value is -4.85. The van der Waals surface area contributed by atoms with Crippen LogP contribution in [0.25, 0.3) is 11.3 Å². The number of hydrogen-bond acceptors (Lipinski definition) is 10. The Labute approximate surface area is 333 Å². The number of halogens is 2. The first-order valence-corrected chi connectivity index (χ1v) is 21.0. The third kappa shape index (κ3) is 9.48. The van der Waals surface area contributed by atoms with Crippen molar-refractivity contribution in [3.8, 4) is 11.3 Å². The molecule has 304 valence electrons. The fourth-order valence-electron chi connectivity index (χ4n) is 9.34. The van der Waals surface area contributed by atoms with Gasteiger partial charge >= 0.3 is 6.09 Å². The topological polar surface area (TPSA) is 132 Å². The van der Waals surface area contributed by atoms with Crippen LogP contribution in [0.2, 0.25) is 0 Å². The van der Waals surface area contributed by atoms with E-state index in [4.69, 9.17) is 4.74 Å². The number of anilines is 3. The number of nitrogens with zero attached hydrogens (tertiary/aromatic N) is 5. The fraction of sp³-hybridized carbons (Fsp3) is 0.558. The summed E-state index contributed by atoms with van der Waals surface area (Å²) in [6.45, 7) is 5.09. The van der Waals surface area contributed by atoms with Gasteiger partial charge in [-0.1, -0.05) is 18.2 Å². The van der Waals surface area contributed by atoms with Crippen LogP contribution in [0.5, 0.6) is 0 Å². The number of imide groups is 1. The molecule has 4 aliphatic heterocycles. The third-order valence-corrected chi connectivity index (χ3v) is 12.6. The number of benzene rings is 2. The molecule has 5 fully saturated rings. The first kappa shape index (κ1) is 39.0. The molecule has 3 N–H and O–H groups in total. The minimum Gasteiger partial charge on any atom is -0.446 e. The number of nitrogens with one attached hydrogen (secondary N) is 3. The molecule has 0 radical (unpaired) electrons. The summed E-state index contributed by atoms with van der Waals surface area (Å²) in [5.41, 5.74) is 3.37. The Morgan fingerprint density at radius 3 is 2.32 bits per heavy atom. The van der Waals surface area contributed by atoms with E-state index in [9.17, 15) is 18.8 Å². The van der Waals surface area contributed by atoms with Gasteiger partial charge in [-0.15, -0.1) is 0 Å². The van der Waals surface area contributed by atoms with Crippen molar-refractivity contribution in [1.82, 2.24) is 25.1 Å². The number of amides is 3. The summed E-state index contributed by atoms with van der Waals surface area (Å²) in [4.78, 5) is 52.3. The summed E-state index contributed by atoms with van der Waals surface area (Å²) >= 11 is 0. The number of carbonyl (C=O) groups excluding carboxylic acids is 3. The van der Waals surface area contributed by atoms with E-state index in [2.05, 4.69) is 41.8 Å². The number of aromatic nitrogens is 2. The molecular formula is C43H54F2N8O4. The van der Waals surface area contributed by atoms with Crippen LogP contribution < -0.4 is 20.9 Å². The molecule has 1 atom stereocenters. The second-order valence-corrected chi connectivity index (χ2v) is 16.4. The van der Waals surface area contributed by atoms with Crippen LogP contribution >= 0.6 is 0 Å². The molecule has 2 aromatic carbocycles. The third-order valence-electron chi connectivity index (χ3n) is 12.6. The van der Waals surface area contributed by atoms with Gasteiger partial charge in [0.2, 0.25) is 17.8 Å². The van der Waals surface area contributed by atoms with Crippen LogP contribution in [-0.4, -0.2) is 101 Å². The van der Waals surface area contributed by atoms with E-state index in [0.29, 0.717) is 48.4 Å². The molecule has 0 spiro atoms. The number of hydrogen-bond donors (Lipinski definition) is 3. The van der Waals surface area contributed by atoms with Crippen molar-refractivity contribution >= 4 is 35.2 Å². The number of ether oxygens (including phenoxy) is 1. The van der Waals surface area contributed by atoms with E-state index in [1.807, 2.05) is 35.2 Å². The van der Waals surface area contributed by atoms with Crippen molar-refractivity contribution in [2.45, 2.75) is 114 Å². The summed E-state index contributed by atoms with van der Waals surface area (Å²) in [6.07, 6.45) is 11.6. The summed E-state index contributed by atoms with van der Waals surface area (Å²) < 4.78 is 36.2. The average Bonchev–Trinajstić information content (AvgIpc) is 3.24. The van der Waals surface area contributed by atoms with E-state index < -0.39 is 11.9 Å². The van der Waals surface area contributed by atoms with Gasteiger partial charge in [-0.05, 0) is 126 Å². The fourth-order valence-corrected chi connectivity index (χ4v) is 9.34. The second-order valence-electron chi connectivity index (χ2n) is 16.4. The van der Waals surface area contributed by atoms with Gasteiger partial charge in [0.25, 0.3) is 0 Å². The Morgan fingerprint density at radius 2 is 1.58 bits per heavy atom. The van der Waals surface area contributed by atoms with E-state index >= 15 is 4.39 Å². The van der Waals surface area contributed by atoms with Crippen molar-refractivity contribution in [3.05, 3.63) is 65.9 Å². The molecule has 1 saturated carbocycles. The van der Waals surface area contributed by atoms with Gasteiger partial charge in [0.05, 0.1) is 6.20 Å². The molecular weight excluding hydrogens is 731 g/mol. The lowest BCUT2D eigenvalue weighted by molar-refractivity contribution is -0.133. The minimum absolute atomic E-state index is 0.107. The second kappa shape index (κ2) is 17.7. The quantitative estimate of drug-likeness (QED) is 0.199. The van der Waals surface area contributed by atoms with Crippen LogP contribution in [0, 0.1) is 11.6 Å². The number of piperidine rings is 4. The highest BCUT2D eigenvalue weighted by Gasteiger charge is 2.33. The zero-order valence-electron chi connectivity index (χ0n) is 32.6. The SMILES string of the molecule is O=C1CCC(Nc2ccc(C3CCN(C4CCN(C(=O)OC5CCC(Nc6ncc(F)c(-c7cccc(N8CCCCC8)c7)n6)CC5)CC4)CC3)c(F)c2)C(=O)N1. The Kier molecular flexibility index (Phi) is 12.1. The van der Waals surface area contributed by atoms with E-state index in [1.54, 1.807) is 0 Å². The van der Waals surface area contributed by atoms with Gasteiger partial charge in [0, 0.05) is 61.6 Å². The number of likely N-dealkylation sites (tertiary alicyclic amines) is 2. The molecule has 4 saturated heterocycles. The standard InChI is InChI=1S/C43H54F2N8O4/c44-36-26-31(47-38-13-14-39(54)49-41(38)55)9-12-35(36)28-15-21-52(22-16-28)32-17-23-53(24-18-32)43(56)57-34-10-7-30(8-11-34)48-42-46-27-37(45)40(50-42)29-5-4-6-33(25-29)51-19-2-1-3-20-51/h4-6,9,12,25-28,30,32,34,38,47H,1-3,7-8,10-11,13-24H2,(H,46,48,50)(H,49,54,55). The van der Waals surface area contributed by atoms with Gasteiger partial charge in [-0.25, -0.2) is 23.5 Å². The van der Waals surface area contributed by atoms with Crippen LogP contribution in [0.4, 0.5) is 30.9 Å². The van der Waals surface area contributed by atoms with Gasteiger partial charge in [0.1, 0.15) is 23.7 Å². The lowest BCUT2D eigenvalue weighted by Crippen LogP contribution is -2.49. The normalized spacial score (nSPS) is 24.2. The number of rotatable bonds is 9. The van der Waals surface area contributed by atoms with Crippen LogP contribution in [-0.2, 0) is 14.3 Å². The Morgan fingerprint density at radius 1 is 0.807 bits per heavy atom. The molecule has 14 heteroatoms. The predicted octanol–water partition coefficient (Wildman–Crippen LogP) is 6.83. The maximum absolute atomic E-state index is 15.3. The molecule has 8 rings (SSSR count). The van der Waals surface area contributed by atoms with Crippen LogP contribution in [0.15, 0.2) is 48.7 Å². The van der Waals surface area contributed by atoms with Crippen LogP contribution in [0.3, 0.4) is 0 Å². The first-order valence-electron chi connectivity index (χ1n) is 21.0. The summed E-state index contributed by atoms with van der Waals surface area (Å²) in [7, 11) is 0. The predicted molar refractivity (Wildman–Crippen MR) is 214 cm³/mol. The summed E-state index contributed by atoms with van der Waals surface area (Å²) in [6, 6.07) is 13.0. The molecule has 1 aromatic heterocycles. The molecule has 0 bridgehead atoms. The van der Waals surface area contributed by atoms with Crippen molar-refractivity contribution < 1.29 is 27.9 Å². The lowest BCUT2D eigenvalue weighted by Gasteiger charge is -2.42. The van der Waals surface area contributed by atoms with Gasteiger partial charge in [0.15, 0.2) is 5.82 Å². The van der Waals surface area contributed by atoms with Gasteiger partial charge < -0.3 is 30.1 Å². The molecule has 1 aliphatic carbocycles. The van der Waals surface area contributed by atoms with Gasteiger partial charge in [-0.3, -0.25) is 14.9 Å². The highest BCUT2D eigenvalue weighted by molar-refractivity contribution is 6.01. The monoisotopic (exact) mass is 784 g/mol. The largest absolute Gasteiger partial charge is 0.446 e. The molecule has 57 heavy (non-hydrogen) atoms. The number of carbonyl (C=O) groups is 3. The minimum atomic E-state index is -0.549. The molecule has 5 aliphatic rings. The first-order chi connectivity index (χ1) is 27.8. The highest BCUT2D eigenvalue weighted by atomic mass is 19.1.